The van der Waals surface area contributed by atoms with Gasteiger partial charge in [0.2, 0.25) is 11.8 Å². The highest BCUT2D eigenvalue weighted by Gasteiger charge is 2.34. The molecule has 1 aliphatic rings. The van der Waals surface area contributed by atoms with Crippen LogP contribution in [-0.4, -0.2) is 36.4 Å². The number of benzene rings is 2. The van der Waals surface area contributed by atoms with Crippen LogP contribution in [0.4, 0.5) is 10.1 Å². The normalized spacial score (nSPS) is 16.4. The monoisotopic (exact) mass is 370 g/mol. The molecule has 0 unspecified atom stereocenters. The van der Waals surface area contributed by atoms with E-state index >= 15 is 0 Å². The smallest absolute Gasteiger partial charge is 0.229 e. The van der Waals surface area contributed by atoms with Crippen LogP contribution in [-0.2, 0) is 16.0 Å². The number of hydrogen-bond donors (Lipinski definition) is 1. The fourth-order valence-corrected chi connectivity index (χ4v) is 3.12. The second kappa shape index (κ2) is 8.66. The summed E-state index contributed by atoms with van der Waals surface area (Å²) in [6, 6.07) is 13.4. The Bertz CT molecular complexity index is 790. The van der Waals surface area contributed by atoms with Gasteiger partial charge in [0.15, 0.2) is 0 Å². The van der Waals surface area contributed by atoms with Crippen molar-refractivity contribution >= 4 is 17.5 Å². The average Bonchev–Trinajstić information content (AvgIpc) is 3.04. The summed E-state index contributed by atoms with van der Waals surface area (Å²) >= 11 is 0. The van der Waals surface area contributed by atoms with E-state index in [1.165, 1.54) is 12.1 Å². The van der Waals surface area contributed by atoms with Crippen molar-refractivity contribution in [2.75, 3.05) is 25.0 Å². The topological polar surface area (TPSA) is 58.6 Å². The summed E-state index contributed by atoms with van der Waals surface area (Å²) in [5.41, 5.74) is 1.65. The van der Waals surface area contributed by atoms with E-state index in [9.17, 15) is 14.0 Å². The number of halogens is 1. The van der Waals surface area contributed by atoms with Crippen LogP contribution in [0.2, 0.25) is 0 Å². The minimum atomic E-state index is -0.364. The van der Waals surface area contributed by atoms with E-state index in [2.05, 4.69) is 5.32 Å². The van der Waals surface area contributed by atoms with Crippen molar-refractivity contribution in [1.29, 1.82) is 0 Å². The van der Waals surface area contributed by atoms with Crippen molar-refractivity contribution in [2.24, 2.45) is 5.92 Å². The molecule has 142 valence electrons. The van der Waals surface area contributed by atoms with E-state index in [0.717, 1.165) is 11.3 Å². The third kappa shape index (κ3) is 5.06. The van der Waals surface area contributed by atoms with Gasteiger partial charge in [0.25, 0.3) is 0 Å². The number of nitrogens with one attached hydrogen (secondary N) is 1. The summed E-state index contributed by atoms with van der Waals surface area (Å²) in [4.78, 5) is 26.4. The first kappa shape index (κ1) is 18.9. The van der Waals surface area contributed by atoms with Crippen LogP contribution in [0.25, 0.3) is 0 Å². The third-order valence-electron chi connectivity index (χ3n) is 4.60. The van der Waals surface area contributed by atoms with E-state index in [1.54, 1.807) is 41.3 Å². The summed E-state index contributed by atoms with van der Waals surface area (Å²) in [5.74, 6) is -0.0708. The molecule has 0 saturated carbocycles. The second-order valence-electron chi connectivity index (χ2n) is 6.56. The van der Waals surface area contributed by atoms with Crippen molar-refractivity contribution in [2.45, 2.75) is 19.8 Å². The minimum Gasteiger partial charge on any atom is -0.494 e. The Morgan fingerprint density at radius 3 is 2.56 bits per heavy atom. The maximum Gasteiger partial charge on any atom is 0.229 e. The lowest BCUT2D eigenvalue weighted by Crippen LogP contribution is -2.30. The molecule has 0 aromatic heterocycles. The average molecular weight is 370 g/mol. The molecule has 1 heterocycles. The van der Waals surface area contributed by atoms with Gasteiger partial charge in [0, 0.05) is 25.2 Å². The van der Waals surface area contributed by atoms with Crippen molar-refractivity contribution in [1.82, 2.24) is 4.90 Å². The lowest BCUT2D eigenvalue weighted by Gasteiger charge is -2.16. The molecule has 1 saturated heterocycles. The fraction of sp³-hybridized carbons (Fsp3) is 0.333. The lowest BCUT2D eigenvalue weighted by molar-refractivity contribution is -0.128. The van der Waals surface area contributed by atoms with Gasteiger partial charge in [0.05, 0.1) is 12.5 Å². The zero-order valence-corrected chi connectivity index (χ0v) is 15.3. The van der Waals surface area contributed by atoms with Gasteiger partial charge in [0.1, 0.15) is 11.6 Å². The Kier molecular flexibility index (Phi) is 6.06. The number of carbonyl (C=O) groups excluding carboxylic acids is 2. The molecule has 1 atom stereocenters. The first-order chi connectivity index (χ1) is 13.0. The van der Waals surface area contributed by atoms with Gasteiger partial charge in [-0.05, 0) is 55.3 Å². The number of anilines is 1. The number of rotatable bonds is 7. The maximum absolute atomic E-state index is 13.0. The van der Waals surface area contributed by atoms with Gasteiger partial charge >= 0.3 is 0 Å². The van der Waals surface area contributed by atoms with Gasteiger partial charge in [-0.25, -0.2) is 4.39 Å². The molecule has 2 aromatic carbocycles. The standard InChI is InChI=1S/C21H23FN2O3/c1-2-27-19-9-7-18(8-10-19)23-21(26)16-13-20(25)24(14-16)12-11-15-3-5-17(22)6-4-15/h3-10,16H,2,11-14H2,1H3,(H,23,26)/t16-/m1/s1. The highest BCUT2D eigenvalue weighted by molar-refractivity contribution is 5.97. The largest absolute Gasteiger partial charge is 0.494 e. The Morgan fingerprint density at radius 2 is 1.89 bits per heavy atom. The fourth-order valence-electron chi connectivity index (χ4n) is 3.12. The second-order valence-corrected chi connectivity index (χ2v) is 6.56. The number of hydrogen-bond acceptors (Lipinski definition) is 3. The molecule has 0 spiro atoms. The van der Waals surface area contributed by atoms with Crippen LogP contribution >= 0.6 is 0 Å². The van der Waals surface area contributed by atoms with Crippen molar-refractivity contribution in [3.05, 3.63) is 59.9 Å². The zero-order valence-electron chi connectivity index (χ0n) is 15.3. The first-order valence-electron chi connectivity index (χ1n) is 9.11. The predicted octanol–water partition coefficient (Wildman–Crippen LogP) is 3.25. The van der Waals surface area contributed by atoms with Crippen LogP contribution in [0.1, 0.15) is 18.9 Å². The number of amides is 2. The highest BCUT2D eigenvalue weighted by atomic mass is 19.1. The first-order valence-corrected chi connectivity index (χ1v) is 9.11. The van der Waals surface area contributed by atoms with Crippen LogP contribution in [0.15, 0.2) is 48.5 Å². The van der Waals surface area contributed by atoms with Gasteiger partial charge in [-0.2, -0.15) is 0 Å². The van der Waals surface area contributed by atoms with Crippen LogP contribution in [0, 0.1) is 11.7 Å². The Morgan fingerprint density at radius 1 is 1.19 bits per heavy atom. The lowest BCUT2D eigenvalue weighted by atomic mass is 10.1. The summed E-state index contributed by atoms with van der Waals surface area (Å²) in [6.45, 7) is 3.43. The molecule has 1 N–H and O–H groups in total. The Balaban J connectivity index is 1.51. The number of ether oxygens (including phenoxy) is 1. The van der Waals surface area contributed by atoms with E-state index in [-0.39, 0.29) is 30.0 Å². The molecule has 1 aliphatic heterocycles. The zero-order chi connectivity index (χ0) is 19.2. The van der Waals surface area contributed by atoms with E-state index in [0.29, 0.717) is 31.8 Å². The molecular formula is C21H23FN2O3. The molecular weight excluding hydrogens is 347 g/mol. The van der Waals surface area contributed by atoms with Gasteiger partial charge in [-0.3, -0.25) is 9.59 Å². The molecule has 6 heteroatoms. The van der Waals surface area contributed by atoms with Crippen molar-refractivity contribution in [3.63, 3.8) is 0 Å². The van der Waals surface area contributed by atoms with Crippen LogP contribution in [0.5, 0.6) is 5.75 Å². The predicted molar refractivity (Wildman–Crippen MR) is 101 cm³/mol. The molecule has 3 rings (SSSR count). The molecule has 5 nitrogen and oxygen atoms in total. The maximum atomic E-state index is 13.0. The number of nitrogens with zero attached hydrogens (tertiary/aromatic N) is 1. The molecule has 0 aliphatic carbocycles. The van der Waals surface area contributed by atoms with Gasteiger partial charge in [-0.15, -0.1) is 0 Å². The third-order valence-corrected chi connectivity index (χ3v) is 4.60. The highest BCUT2D eigenvalue weighted by Crippen LogP contribution is 2.22. The summed E-state index contributed by atoms with van der Waals surface area (Å²) in [5, 5.41) is 2.86. The molecule has 1 fully saturated rings. The van der Waals surface area contributed by atoms with Crippen molar-refractivity contribution in [3.8, 4) is 5.75 Å². The Labute approximate surface area is 158 Å². The summed E-state index contributed by atoms with van der Waals surface area (Å²) in [7, 11) is 0. The molecule has 0 bridgehead atoms. The van der Waals surface area contributed by atoms with Crippen molar-refractivity contribution < 1.29 is 18.7 Å². The summed E-state index contributed by atoms with van der Waals surface area (Å²) in [6.07, 6.45) is 0.853. The van der Waals surface area contributed by atoms with E-state index < -0.39 is 0 Å². The number of carbonyl (C=O) groups is 2. The molecule has 27 heavy (non-hydrogen) atoms. The SMILES string of the molecule is CCOc1ccc(NC(=O)[C@@H]2CC(=O)N(CCc3ccc(F)cc3)C2)cc1. The minimum absolute atomic E-state index is 0.0241. The van der Waals surface area contributed by atoms with Crippen LogP contribution < -0.4 is 10.1 Å². The molecule has 2 aromatic rings. The van der Waals surface area contributed by atoms with Gasteiger partial charge in [-0.1, -0.05) is 12.1 Å². The van der Waals surface area contributed by atoms with E-state index in [4.69, 9.17) is 4.74 Å². The Hall–Kier alpha value is -2.89. The molecule has 0 radical (unpaired) electrons. The summed E-state index contributed by atoms with van der Waals surface area (Å²) < 4.78 is 18.3. The van der Waals surface area contributed by atoms with Crippen LogP contribution in [0.3, 0.4) is 0 Å². The number of likely N-dealkylation sites (tertiary alicyclic amines) is 1. The van der Waals surface area contributed by atoms with E-state index in [1.807, 2.05) is 6.92 Å². The van der Waals surface area contributed by atoms with Gasteiger partial charge < -0.3 is 15.0 Å². The quantitative estimate of drug-likeness (QED) is 0.814. The molecule has 2 amide bonds.